The number of aromatic nitrogens is 1. The molecule has 0 atom stereocenters. The van der Waals surface area contributed by atoms with Crippen molar-refractivity contribution in [1.82, 2.24) is 9.99 Å². The van der Waals surface area contributed by atoms with Crippen LogP contribution in [0.3, 0.4) is 0 Å². The Hall–Kier alpha value is -3.86. The topological polar surface area (TPSA) is 66.6 Å². The molecule has 5 heteroatoms. The number of carbonyl (C=O) groups is 1. The molecule has 0 unspecified atom stereocenters. The Bertz CT molecular complexity index is 1310. The van der Waals surface area contributed by atoms with Crippen molar-refractivity contribution in [3.63, 3.8) is 0 Å². The van der Waals surface area contributed by atoms with Crippen LogP contribution in [0.5, 0.6) is 5.75 Å². The normalized spacial score (nSPS) is 11.4. The highest BCUT2D eigenvalue weighted by molar-refractivity contribution is 6.01. The van der Waals surface area contributed by atoms with E-state index in [4.69, 9.17) is 0 Å². The summed E-state index contributed by atoms with van der Waals surface area (Å²) < 4.78 is 2.21. The van der Waals surface area contributed by atoms with Gasteiger partial charge in [-0.25, -0.2) is 5.43 Å². The van der Waals surface area contributed by atoms with Gasteiger partial charge in [0.1, 0.15) is 5.75 Å². The maximum Gasteiger partial charge on any atom is 0.275 e. The molecule has 156 valence electrons. The lowest BCUT2D eigenvalue weighted by Gasteiger charge is -2.15. The second-order valence-corrected chi connectivity index (χ2v) is 7.82. The molecule has 0 bridgehead atoms. The van der Waals surface area contributed by atoms with Crippen LogP contribution in [0.15, 0.2) is 65.8 Å². The van der Waals surface area contributed by atoms with Gasteiger partial charge in [-0.3, -0.25) is 4.79 Å². The van der Waals surface area contributed by atoms with Crippen LogP contribution in [0.2, 0.25) is 0 Å². The number of phenols is 1. The molecule has 0 saturated heterocycles. The number of phenolic OH excluding ortho intramolecular Hbond substituents is 1. The van der Waals surface area contributed by atoms with E-state index in [1.807, 2.05) is 37.3 Å². The van der Waals surface area contributed by atoms with Crippen LogP contribution >= 0.6 is 0 Å². The average molecular weight is 412 g/mol. The van der Waals surface area contributed by atoms with E-state index in [1.54, 1.807) is 18.3 Å². The summed E-state index contributed by atoms with van der Waals surface area (Å²) >= 11 is 0. The molecule has 0 saturated carbocycles. The highest BCUT2D eigenvalue weighted by atomic mass is 16.3. The molecule has 0 aliphatic carbocycles. The van der Waals surface area contributed by atoms with E-state index in [1.165, 1.54) is 16.8 Å². The molecule has 0 aliphatic rings. The van der Waals surface area contributed by atoms with E-state index in [0.717, 1.165) is 27.7 Å². The molecule has 0 aliphatic heterocycles. The van der Waals surface area contributed by atoms with Gasteiger partial charge in [-0.05, 0) is 67.8 Å². The quantitative estimate of drug-likeness (QED) is 0.352. The summed E-state index contributed by atoms with van der Waals surface area (Å²) in [6.45, 7) is 8.30. The SMILES string of the molecule is Cc1cccc(C)c1-n1c(C)cc(C=NNC(=O)c2cc3ccccc3cc2O)c1C. The zero-order valence-corrected chi connectivity index (χ0v) is 18.1. The minimum absolute atomic E-state index is 0.0698. The number of aryl methyl sites for hydroxylation is 3. The van der Waals surface area contributed by atoms with Gasteiger partial charge in [0.15, 0.2) is 0 Å². The second kappa shape index (κ2) is 8.11. The van der Waals surface area contributed by atoms with Crippen LogP contribution in [0.25, 0.3) is 16.5 Å². The molecule has 2 N–H and O–H groups in total. The third kappa shape index (κ3) is 3.82. The number of rotatable bonds is 4. The summed E-state index contributed by atoms with van der Waals surface area (Å²) in [7, 11) is 0. The van der Waals surface area contributed by atoms with Crippen molar-refractivity contribution in [1.29, 1.82) is 0 Å². The van der Waals surface area contributed by atoms with Gasteiger partial charge in [-0.1, -0.05) is 42.5 Å². The van der Waals surface area contributed by atoms with Crippen molar-refractivity contribution >= 4 is 22.9 Å². The molecule has 1 heterocycles. The number of carbonyl (C=O) groups excluding carboxylic acids is 1. The molecule has 1 amide bonds. The number of hydrogen-bond acceptors (Lipinski definition) is 3. The fraction of sp³-hybridized carbons (Fsp3) is 0.154. The van der Waals surface area contributed by atoms with Crippen LogP contribution in [0, 0.1) is 27.7 Å². The molecule has 4 aromatic rings. The monoisotopic (exact) mass is 411 g/mol. The van der Waals surface area contributed by atoms with Crippen molar-refractivity contribution < 1.29 is 9.90 Å². The molecule has 0 fully saturated rings. The molecule has 1 aromatic heterocycles. The van der Waals surface area contributed by atoms with Crippen LogP contribution < -0.4 is 5.43 Å². The van der Waals surface area contributed by atoms with Crippen LogP contribution in [0.4, 0.5) is 0 Å². The number of para-hydroxylation sites is 1. The summed E-state index contributed by atoms with van der Waals surface area (Å²) in [6.07, 6.45) is 1.64. The summed E-state index contributed by atoms with van der Waals surface area (Å²) in [5.41, 5.74) is 9.35. The van der Waals surface area contributed by atoms with Crippen LogP contribution in [-0.4, -0.2) is 21.8 Å². The third-order valence-corrected chi connectivity index (χ3v) is 5.61. The number of hydrazone groups is 1. The number of nitrogens with zero attached hydrogens (tertiary/aromatic N) is 2. The van der Waals surface area contributed by atoms with E-state index in [-0.39, 0.29) is 11.3 Å². The predicted molar refractivity (Wildman–Crippen MR) is 125 cm³/mol. The molecule has 5 nitrogen and oxygen atoms in total. The van der Waals surface area contributed by atoms with E-state index in [9.17, 15) is 9.90 Å². The molecular weight excluding hydrogens is 386 g/mol. The number of aromatic hydroxyl groups is 1. The first-order chi connectivity index (χ1) is 14.9. The van der Waals surface area contributed by atoms with Crippen molar-refractivity contribution in [2.75, 3.05) is 0 Å². The van der Waals surface area contributed by atoms with Gasteiger partial charge in [-0.15, -0.1) is 0 Å². The first kappa shape index (κ1) is 20.4. The van der Waals surface area contributed by atoms with Crippen LogP contribution in [0.1, 0.15) is 38.4 Å². The van der Waals surface area contributed by atoms with Crippen molar-refractivity contribution in [3.05, 3.63) is 94.3 Å². The lowest BCUT2D eigenvalue weighted by molar-refractivity contribution is 0.0952. The van der Waals surface area contributed by atoms with Crippen molar-refractivity contribution in [2.45, 2.75) is 27.7 Å². The minimum atomic E-state index is -0.456. The van der Waals surface area contributed by atoms with Gasteiger partial charge in [0.2, 0.25) is 0 Å². The average Bonchev–Trinajstić information content (AvgIpc) is 3.01. The van der Waals surface area contributed by atoms with Gasteiger partial charge >= 0.3 is 0 Å². The number of fused-ring (bicyclic) bond motifs is 1. The van der Waals surface area contributed by atoms with Gasteiger partial charge in [0.05, 0.1) is 17.5 Å². The Morgan fingerprint density at radius 2 is 1.58 bits per heavy atom. The standard InChI is InChI=1S/C26H25N3O2/c1-16-8-7-9-17(2)25(16)29-18(3)12-22(19(29)4)15-27-28-26(31)23-13-20-10-5-6-11-21(20)14-24(23)30/h5-15,30H,1-4H3,(H,28,31). The maximum atomic E-state index is 12.6. The summed E-state index contributed by atoms with van der Waals surface area (Å²) in [6, 6.07) is 19.1. The van der Waals surface area contributed by atoms with E-state index in [2.05, 4.69) is 54.1 Å². The molecule has 3 aromatic carbocycles. The number of amides is 1. The highest BCUT2D eigenvalue weighted by Crippen LogP contribution is 2.26. The van der Waals surface area contributed by atoms with Gasteiger partial charge in [-0.2, -0.15) is 5.10 Å². The Kier molecular flexibility index (Phi) is 5.34. The van der Waals surface area contributed by atoms with Gasteiger partial charge in [0, 0.05) is 17.0 Å². The highest BCUT2D eigenvalue weighted by Gasteiger charge is 2.14. The fourth-order valence-corrected chi connectivity index (χ4v) is 4.05. The zero-order chi connectivity index (χ0) is 22.1. The lowest BCUT2D eigenvalue weighted by atomic mass is 10.1. The second-order valence-electron chi connectivity index (χ2n) is 7.82. The van der Waals surface area contributed by atoms with Gasteiger partial charge < -0.3 is 9.67 Å². The Morgan fingerprint density at radius 1 is 0.935 bits per heavy atom. The number of benzene rings is 3. The van der Waals surface area contributed by atoms with E-state index >= 15 is 0 Å². The predicted octanol–water partition coefficient (Wildman–Crippen LogP) is 5.33. The first-order valence-electron chi connectivity index (χ1n) is 10.2. The lowest BCUT2D eigenvalue weighted by Crippen LogP contribution is -2.17. The molecule has 0 radical (unpaired) electrons. The van der Waals surface area contributed by atoms with Crippen molar-refractivity contribution in [2.24, 2.45) is 5.10 Å². The summed E-state index contributed by atoms with van der Waals surface area (Å²) in [5.74, 6) is -0.525. The smallest absolute Gasteiger partial charge is 0.275 e. The third-order valence-electron chi connectivity index (χ3n) is 5.61. The summed E-state index contributed by atoms with van der Waals surface area (Å²) in [5, 5.41) is 16.1. The zero-order valence-electron chi connectivity index (χ0n) is 18.1. The number of hydrogen-bond donors (Lipinski definition) is 2. The molecule has 0 spiro atoms. The summed E-state index contributed by atoms with van der Waals surface area (Å²) in [4.78, 5) is 12.6. The molecule has 31 heavy (non-hydrogen) atoms. The van der Waals surface area contributed by atoms with Crippen molar-refractivity contribution in [3.8, 4) is 11.4 Å². The Labute approximate surface area is 181 Å². The largest absolute Gasteiger partial charge is 0.507 e. The van der Waals surface area contributed by atoms with E-state index < -0.39 is 5.91 Å². The minimum Gasteiger partial charge on any atom is -0.507 e. The molecular formula is C26H25N3O2. The first-order valence-corrected chi connectivity index (χ1v) is 10.2. The molecule has 4 rings (SSSR count). The maximum absolute atomic E-state index is 12.6. The van der Waals surface area contributed by atoms with Crippen LogP contribution in [-0.2, 0) is 0 Å². The van der Waals surface area contributed by atoms with Gasteiger partial charge in [0.25, 0.3) is 5.91 Å². The number of nitrogens with one attached hydrogen (secondary N) is 1. The Morgan fingerprint density at radius 3 is 2.26 bits per heavy atom. The fourth-order valence-electron chi connectivity index (χ4n) is 4.05. The Balaban J connectivity index is 1.59. The van der Waals surface area contributed by atoms with E-state index in [0.29, 0.717) is 0 Å².